The largest absolute Gasteiger partial charge is 0.312 e. The van der Waals surface area contributed by atoms with Gasteiger partial charge in [-0.05, 0) is 30.2 Å². The van der Waals surface area contributed by atoms with Gasteiger partial charge in [0.25, 0.3) is 0 Å². The van der Waals surface area contributed by atoms with E-state index in [2.05, 4.69) is 17.3 Å². The van der Waals surface area contributed by atoms with Crippen molar-refractivity contribution in [1.29, 1.82) is 5.26 Å². The maximum atomic E-state index is 8.71. The first kappa shape index (κ1) is 11.3. The van der Waals surface area contributed by atoms with Crippen molar-refractivity contribution in [2.24, 2.45) is 0 Å². The summed E-state index contributed by atoms with van der Waals surface area (Å²) in [6.07, 6.45) is 5.90. The summed E-state index contributed by atoms with van der Waals surface area (Å²) in [6.45, 7) is 3.65. The van der Waals surface area contributed by atoms with Crippen LogP contribution in [0.25, 0.3) is 0 Å². The fourth-order valence-corrected chi connectivity index (χ4v) is 1.35. The molecule has 0 radical (unpaired) electrons. The normalized spacial score (nSPS) is 9.27. The van der Waals surface area contributed by atoms with Crippen LogP contribution in [-0.4, -0.2) is 6.54 Å². The van der Waals surface area contributed by atoms with E-state index in [4.69, 9.17) is 11.7 Å². The average molecular weight is 198 g/mol. The van der Waals surface area contributed by atoms with E-state index in [0.717, 1.165) is 25.1 Å². The predicted molar refractivity (Wildman–Crippen MR) is 61.1 cm³/mol. The van der Waals surface area contributed by atoms with Crippen molar-refractivity contribution in [1.82, 2.24) is 5.32 Å². The Morgan fingerprint density at radius 2 is 2.27 bits per heavy atom. The lowest BCUT2D eigenvalue weighted by Crippen LogP contribution is -2.14. The van der Waals surface area contributed by atoms with Gasteiger partial charge in [-0.2, -0.15) is 5.26 Å². The van der Waals surface area contributed by atoms with Gasteiger partial charge in [-0.15, -0.1) is 12.3 Å². The van der Waals surface area contributed by atoms with Crippen LogP contribution in [0.5, 0.6) is 0 Å². The van der Waals surface area contributed by atoms with Crippen molar-refractivity contribution >= 4 is 0 Å². The Morgan fingerprint density at radius 3 is 2.87 bits per heavy atom. The molecule has 0 saturated carbocycles. The molecule has 0 heterocycles. The highest BCUT2D eigenvalue weighted by molar-refractivity contribution is 5.37. The Labute approximate surface area is 90.9 Å². The summed E-state index contributed by atoms with van der Waals surface area (Å²) in [5.41, 5.74) is 3.06. The number of benzene rings is 1. The van der Waals surface area contributed by atoms with Crippen LogP contribution >= 0.6 is 0 Å². The van der Waals surface area contributed by atoms with E-state index in [1.807, 2.05) is 25.1 Å². The Hall–Kier alpha value is -1.77. The van der Waals surface area contributed by atoms with E-state index >= 15 is 0 Å². The van der Waals surface area contributed by atoms with Crippen molar-refractivity contribution < 1.29 is 0 Å². The lowest BCUT2D eigenvalue weighted by atomic mass is 10.1. The fraction of sp³-hybridized carbons (Fsp3) is 0.308. The van der Waals surface area contributed by atoms with Crippen molar-refractivity contribution in [2.75, 3.05) is 6.54 Å². The zero-order valence-corrected chi connectivity index (χ0v) is 8.88. The van der Waals surface area contributed by atoms with Gasteiger partial charge in [0.05, 0.1) is 11.6 Å². The topological polar surface area (TPSA) is 35.8 Å². The van der Waals surface area contributed by atoms with Crippen LogP contribution in [0.15, 0.2) is 18.2 Å². The Morgan fingerprint density at radius 1 is 1.47 bits per heavy atom. The first-order chi connectivity index (χ1) is 7.27. The second-order valence-corrected chi connectivity index (χ2v) is 3.38. The molecule has 0 aliphatic carbocycles. The minimum atomic E-state index is 0.708. The van der Waals surface area contributed by atoms with Gasteiger partial charge in [0.1, 0.15) is 0 Å². The number of terminal acetylenes is 1. The third kappa shape index (κ3) is 3.46. The molecule has 0 saturated heterocycles. The molecule has 0 spiro atoms. The van der Waals surface area contributed by atoms with E-state index in [1.54, 1.807) is 0 Å². The Balaban J connectivity index is 2.56. The molecule has 2 heteroatoms. The van der Waals surface area contributed by atoms with Crippen LogP contribution in [-0.2, 0) is 6.54 Å². The van der Waals surface area contributed by atoms with Gasteiger partial charge in [0, 0.05) is 19.5 Å². The molecule has 1 aromatic rings. The van der Waals surface area contributed by atoms with Crippen LogP contribution in [0.2, 0.25) is 0 Å². The van der Waals surface area contributed by atoms with Gasteiger partial charge in [-0.3, -0.25) is 0 Å². The molecule has 15 heavy (non-hydrogen) atoms. The van der Waals surface area contributed by atoms with E-state index in [9.17, 15) is 0 Å². The highest BCUT2D eigenvalue weighted by atomic mass is 14.8. The van der Waals surface area contributed by atoms with Crippen molar-refractivity contribution in [3.05, 3.63) is 34.9 Å². The van der Waals surface area contributed by atoms with Crippen molar-refractivity contribution in [3.63, 3.8) is 0 Å². The standard InChI is InChI=1S/C13H14N2/c1-3-4-7-15-10-13-6-5-12(9-14)8-11(13)2/h1,5-6,8,15H,4,7,10H2,2H3. The summed E-state index contributed by atoms with van der Waals surface area (Å²) in [5, 5.41) is 12.0. The molecule has 0 bridgehead atoms. The highest BCUT2D eigenvalue weighted by Gasteiger charge is 1.98. The van der Waals surface area contributed by atoms with Gasteiger partial charge in [0.15, 0.2) is 0 Å². The molecule has 0 aliphatic rings. The number of hydrogen-bond donors (Lipinski definition) is 1. The van der Waals surface area contributed by atoms with Gasteiger partial charge >= 0.3 is 0 Å². The molecular formula is C13H14N2. The Bertz CT molecular complexity index is 408. The minimum Gasteiger partial charge on any atom is -0.312 e. The zero-order valence-electron chi connectivity index (χ0n) is 8.88. The number of hydrogen-bond acceptors (Lipinski definition) is 2. The summed E-state index contributed by atoms with van der Waals surface area (Å²) < 4.78 is 0. The van der Waals surface area contributed by atoms with E-state index < -0.39 is 0 Å². The molecule has 0 unspecified atom stereocenters. The maximum Gasteiger partial charge on any atom is 0.0991 e. The minimum absolute atomic E-state index is 0.708. The van der Waals surface area contributed by atoms with Gasteiger partial charge in [0.2, 0.25) is 0 Å². The predicted octanol–water partition coefficient (Wildman–Crippen LogP) is 1.98. The van der Waals surface area contributed by atoms with Crippen LogP contribution < -0.4 is 5.32 Å². The van der Waals surface area contributed by atoms with Gasteiger partial charge < -0.3 is 5.32 Å². The summed E-state index contributed by atoms with van der Waals surface area (Å²) in [7, 11) is 0. The van der Waals surface area contributed by atoms with Crippen LogP contribution in [0.4, 0.5) is 0 Å². The summed E-state index contributed by atoms with van der Waals surface area (Å²) in [5.74, 6) is 2.58. The summed E-state index contributed by atoms with van der Waals surface area (Å²) in [4.78, 5) is 0. The highest BCUT2D eigenvalue weighted by Crippen LogP contribution is 2.10. The second-order valence-electron chi connectivity index (χ2n) is 3.38. The summed E-state index contributed by atoms with van der Waals surface area (Å²) >= 11 is 0. The zero-order chi connectivity index (χ0) is 11.1. The lowest BCUT2D eigenvalue weighted by molar-refractivity contribution is 0.698. The molecule has 1 aromatic carbocycles. The van der Waals surface area contributed by atoms with Crippen molar-refractivity contribution in [2.45, 2.75) is 19.9 Å². The third-order valence-electron chi connectivity index (χ3n) is 2.23. The monoisotopic (exact) mass is 198 g/mol. The van der Waals surface area contributed by atoms with Crippen LogP contribution in [0.1, 0.15) is 23.1 Å². The molecule has 0 aliphatic heterocycles. The van der Waals surface area contributed by atoms with Gasteiger partial charge in [-0.25, -0.2) is 0 Å². The second kappa shape index (κ2) is 5.86. The number of aryl methyl sites for hydroxylation is 1. The molecular weight excluding hydrogens is 184 g/mol. The molecule has 0 fully saturated rings. The maximum absolute atomic E-state index is 8.71. The van der Waals surface area contributed by atoms with Crippen molar-refractivity contribution in [3.8, 4) is 18.4 Å². The molecule has 0 amide bonds. The number of nitrogens with zero attached hydrogens (tertiary/aromatic N) is 1. The van der Waals surface area contributed by atoms with Crippen LogP contribution in [0, 0.1) is 30.6 Å². The molecule has 0 atom stereocenters. The molecule has 76 valence electrons. The third-order valence-corrected chi connectivity index (χ3v) is 2.23. The summed E-state index contributed by atoms with van der Waals surface area (Å²) in [6, 6.07) is 7.85. The average Bonchev–Trinajstić information content (AvgIpc) is 2.26. The SMILES string of the molecule is C#CCCNCc1ccc(C#N)cc1C. The van der Waals surface area contributed by atoms with Gasteiger partial charge in [-0.1, -0.05) is 6.07 Å². The molecule has 0 aromatic heterocycles. The number of nitrogens with one attached hydrogen (secondary N) is 1. The fourth-order valence-electron chi connectivity index (χ4n) is 1.35. The number of nitriles is 1. The first-order valence-corrected chi connectivity index (χ1v) is 4.91. The van der Waals surface area contributed by atoms with E-state index in [1.165, 1.54) is 5.56 Å². The first-order valence-electron chi connectivity index (χ1n) is 4.91. The van der Waals surface area contributed by atoms with E-state index in [-0.39, 0.29) is 0 Å². The number of rotatable bonds is 4. The lowest BCUT2D eigenvalue weighted by Gasteiger charge is -2.06. The smallest absolute Gasteiger partial charge is 0.0991 e. The van der Waals surface area contributed by atoms with Crippen LogP contribution in [0.3, 0.4) is 0 Å². The molecule has 2 nitrogen and oxygen atoms in total. The van der Waals surface area contributed by atoms with E-state index in [0.29, 0.717) is 5.56 Å². The molecule has 1 N–H and O–H groups in total. The quantitative estimate of drug-likeness (QED) is 0.593. The molecule has 1 rings (SSSR count). The Kier molecular flexibility index (Phi) is 4.41.